The van der Waals surface area contributed by atoms with E-state index < -0.39 is 11.6 Å². The Labute approximate surface area is 219 Å². The number of anilines is 1. The van der Waals surface area contributed by atoms with Crippen molar-refractivity contribution in [3.05, 3.63) is 40.9 Å². The number of hydrogen-bond donors (Lipinski definition) is 1. The van der Waals surface area contributed by atoms with E-state index in [1.54, 1.807) is 12.1 Å². The normalized spacial score (nSPS) is 22.6. The van der Waals surface area contributed by atoms with Gasteiger partial charge in [-0.15, -0.1) is 0 Å². The van der Waals surface area contributed by atoms with Crippen molar-refractivity contribution >= 4 is 28.3 Å². The van der Waals surface area contributed by atoms with Crippen molar-refractivity contribution in [3.8, 4) is 22.9 Å². The van der Waals surface area contributed by atoms with E-state index in [1.807, 2.05) is 0 Å². The van der Waals surface area contributed by atoms with Crippen LogP contribution in [-0.4, -0.2) is 73.4 Å². The molecular weight excluding hydrogens is 500 g/mol. The van der Waals surface area contributed by atoms with Gasteiger partial charge in [-0.25, -0.2) is 8.78 Å². The molecule has 3 aromatic rings. The van der Waals surface area contributed by atoms with Crippen molar-refractivity contribution in [1.82, 2.24) is 20.2 Å². The number of methoxy groups -OCH3 is 1. The second-order valence-electron chi connectivity index (χ2n) is 10.3. The first-order valence-corrected chi connectivity index (χ1v) is 13.2. The molecule has 3 saturated heterocycles. The first-order valence-electron chi connectivity index (χ1n) is 12.8. The summed E-state index contributed by atoms with van der Waals surface area (Å²) in [7, 11) is 3.49. The first-order chi connectivity index (χ1) is 17.9. The molecule has 3 aliphatic heterocycles. The fourth-order valence-corrected chi connectivity index (χ4v) is 6.11. The lowest BCUT2D eigenvalue weighted by molar-refractivity contribution is 0.105. The van der Waals surface area contributed by atoms with Crippen molar-refractivity contribution in [2.75, 3.05) is 45.2 Å². The molecule has 3 aliphatic rings. The number of benzene rings is 2. The van der Waals surface area contributed by atoms with Crippen molar-refractivity contribution in [2.24, 2.45) is 0 Å². The molecule has 7 nitrogen and oxygen atoms in total. The number of hydrogen-bond acceptors (Lipinski definition) is 7. The van der Waals surface area contributed by atoms with Gasteiger partial charge in [0.1, 0.15) is 29.0 Å². The van der Waals surface area contributed by atoms with Gasteiger partial charge in [0.2, 0.25) is 0 Å². The number of nitrogens with zero attached hydrogens (tertiary/aromatic N) is 4. The minimum atomic E-state index is -0.721. The number of ether oxygens (including phenoxy) is 2. The summed E-state index contributed by atoms with van der Waals surface area (Å²) < 4.78 is 42.9. The predicted octanol–water partition coefficient (Wildman–Crippen LogP) is 4.65. The molecule has 3 fully saturated rings. The van der Waals surface area contributed by atoms with Gasteiger partial charge < -0.3 is 24.6 Å². The smallest absolute Gasteiger partial charge is 0.319 e. The van der Waals surface area contributed by atoms with Gasteiger partial charge in [-0.1, -0.05) is 17.7 Å². The number of rotatable bonds is 5. The summed E-state index contributed by atoms with van der Waals surface area (Å²) in [6.07, 6.45) is 3.81. The van der Waals surface area contributed by atoms with Gasteiger partial charge in [0.15, 0.2) is 5.82 Å². The highest BCUT2D eigenvalue weighted by molar-refractivity contribution is 6.34. The number of nitrogens with one attached hydrogen (secondary N) is 1. The summed E-state index contributed by atoms with van der Waals surface area (Å²) in [6, 6.07) is 6.82. The fraction of sp³-hybridized carbons (Fsp3) is 0.481. The van der Waals surface area contributed by atoms with Crippen molar-refractivity contribution in [2.45, 2.75) is 43.9 Å². The molecule has 2 aromatic carbocycles. The van der Waals surface area contributed by atoms with Gasteiger partial charge in [0.25, 0.3) is 0 Å². The highest BCUT2D eigenvalue weighted by atomic mass is 35.5. The lowest BCUT2D eigenvalue weighted by Gasteiger charge is -2.34. The fourth-order valence-electron chi connectivity index (χ4n) is 5.82. The lowest BCUT2D eigenvalue weighted by atomic mass is 10.0. The number of piperazine rings is 1. The minimum absolute atomic E-state index is 0.0347. The van der Waals surface area contributed by atoms with E-state index >= 15 is 4.39 Å². The highest BCUT2D eigenvalue weighted by Gasteiger charge is 2.35. The summed E-state index contributed by atoms with van der Waals surface area (Å²) in [5.41, 5.74) is -0.0598. The Bertz CT molecular complexity index is 1320. The number of halogens is 3. The predicted molar refractivity (Wildman–Crippen MR) is 140 cm³/mol. The number of likely N-dealkylation sites (tertiary alicyclic amines) is 1. The summed E-state index contributed by atoms with van der Waals surface area (Å²) >= 11 is 6.65. The standard InChI is InChI=1S/C27H30ClF2N5O2/c1-34-10-8-17(9-11-34)37-27-32-25-18(26(33-27)35-13-15-6-7-16(14-35)31-15)12-19(28)22(24(25)30)23-20(29)4-3-5-21(23)36-2/h3-5,12,15-17,31H,6-11,13-14H2,1-2H3/t15-,16+. The van der Waals surface area contributed by atoms with E-state index in [2.05, 4.69) is 27.1 Å². The Morgan fingerprint density at radius 2 is 1.76 bits per heavy atom. The number of piperidine rings is 1. The van der Waals surface area contributed by atoms with Crippen molar-refractivity contribution in [1.29, 1.82) is 0 Å². The molecule has 6 rings (SSSR count). The van der Waals surface area contributed by atoms with E-state index in [0.29, 0.717) is 23.3 Å². The lowest BCUT2D eigenvalue weighted by Crippen LogP contribution is -2.51. The van der Waals surface area contributed by atoms with Gasteiger partial charge in [-0.05, 0) is 50.9 Å². The van der Waals surface area contributed by atoms with Crippen LogP contribution in [0.4, 0.5) is 14.6 Å². The van der Waals surface area contributed by atoms with Crippen LogP contribution in [0, 0.1) is 11.6 Å². The van der Waals surface area contributed by atoms with Crippen LogP contribution in [0.15, 0.2) is 24.3 Å². The minimum Gasteiger partial charge on any atom is -0.496 e. The molecule has 0 spiro atoms. The van der Waals surface area contributed by atoms with Crippen LogP contribution in [0.3, 0.4) is 0 Å². The molecule has 1 aromatic heterocycles. The third-order valence-corrected chi connectivity index (χ3v) is 8.04. The number of aromatic nitrogens is 2. The van der Waals surface area contributed by atoms with E-state index in [4.69, 9.17) is 26.1 Å². The van der Waals surface area contributed by atoms with Crippen LogP contribution < -0.4 is 19.7 Å². The molecule has 196 valence electrons. The van der Waals surface area contributed by atoms with Gasteiger partial charge >= 0.3 is 6.01 Å². The molecule has 2 atom stereocenters. The summed E-state index contributed by atoms with van der Waals surface area (Å²) in [5.74, 6) is -0.564. The topological polar surface area (TPSA) is 62.8 Å². The average molecular weight is 530 g/mol. The van der Waals surface area contributed by atoms with Crippen molar-refractivity contribution in [3.63, 3.8) is 0 Å². The molecule has 0 radical (unpaired) electrons. The zero-order valence-electron chi connectivity index (χ0n) is 20.9. The Kier molecular flexibility index (Phi) is 6.54. The average Bonchev–Trinajstić information content (AvgIpc) is 3.23. The molecule has 0 unspecified atom stereocenters. The molecule has 37 heavy (non-hydrogen) atoms. The van der Waals surface area contributed by atoms with Crippen LogP contribution in [0.25, 0.3) is 22.0 Å². The first kappa shape index (κ1) is 24.6. The monoisotopic (exact) mass is 529 g/mol. The van der Waals surface area contributed by atoms with Crippen LogP contribution in [0.1, 0.15) is 25.7 Å². The molecule has 0 aliphatic carbocycles. The highest BCUT2D eigenvalue weighted by Crippen LogP contribution is 2.43. The molecule has 10 heteroatoms. The Morgan fingerprint density at radius 3 is 2.46 bits per heavy atom. The van der Waals surface area contributed by atoms with Crippen LogP contribution in [0.5, 0.6) is 11.8 Å². The van der Waals surface area contributed by atoms with E-state index in [1.165, 1.54) is 19.2 Å². The molecular formula is C27H30ClF2N5O2. The maximum atomic E-state index is 16.3. The SMILES string of the molecule is COc1cccc(F)c1-c1c(Cl)cc2c(N3C[C@H]4CC[C@@H](C3)N4)nc(OC3CCN(C)CC3)nc2c1F. The van der Waals surface area contributed by atoms with Crippen LogP contribution >= 0.6 is 11.6 Å². The van der Waals surface area contributed by atoms with E-state index in [-0.39, 0.29) is 39.5 Å². The summed E-state index contributed by atoms with van der Waals surface area (Å²) in [6.45, 7) is 3.32. The van der Waals surface area contributed by atoms with Gasteiger partial charge in [-0.2, -0.15) is 9.97 Å². The molecule has 4 heterocycles. The Hall–Kier alpha value is -2.75. The van der Waals surface area contributed by atoms with E-state index in [0.717, 1.165) is 51.9 Å². The van der Waals surface area contributed by atoms with Gasteiger partial charge in [0.05, 0.1) is 17.7 Å². The Morgan fingerprint density at radius 1 is 1.03 bits per heavy atom. The quantitative estimate of drug-likeness (QED) is 0.516. The summed E-state index contributed by atoms with van der Waals surface area (Å²) in [4.78, 5) is 13.7. The van der Waals surface area contributed by atoms with Gasteiger partial charge in [0, 0.05) is 49.2 Å². The zero-order valence-corrected chi connectivity index (χ0v) is 21.7. The summed E-state index contributed by atoms with van der Waals surface area (Å²) in [5, 5.41) is 4.17. The Balaban J connectivity index is 1.50. The van der Waals surface area contributed by atoms with Crippen LogP contribution in [0.2, 0.25) is 5.02 Å². The molecule has 0 saturated carbocycles. The maximum Gasteiger partial charge on any atom is 0.319 e. The molecule has 0 amide bonds. The van der Waals surface area contributed by atoms with Gasteiger partial charge in [-0.3, -0.25) is 0 Å². The van der Waals surface area contributed by atoms with Crippen molar-refractivity contribution < 1.29 is 18.3 Å². The maximum absolute atomic E-state index is 16.3. The third kappa shape index (κ3) is 4.57. The second kappa shape index (κ2) is 9.85. The number of fused-ring (bicyclic) bond motifs is 3. The second-order valence-corrected chi connectivity index (χ2v) is 10.7. The largest absolute Gasteiger partial charge is 0.496 e. The van der Waals surface area contributed by atoms with Crippen LogP contribution in [-0.2, 0) is 0 Å². The molecule has 1 N–H and O–H groups in total. The zero-order chi connectivity index (χ0) is 25.7. The van der Waals surface area contributed by atoms with E-state index in [9.17, 15) is 4.39 Å². The third-order valence-electron chi connectivity index (χ3n) is 7.74. The molecule has 2 bridgehead atoms.